The number of fused-ring (bicyclic) bond motifs is 2. The zero-order valence-electron chi connectivity index (χ0n) is 19.4. The minimum Gasteiger partial charge on any atom is -0.475 e. The van der Waals surface area contributed by atoms with Crippen molar-refractivity contribution >= 4 is 39.4 Å². The maximum atomic E-state index is 13.9. The molecule has 0 saturated carbocycles. The topological polar surface area (TPSA) is 102 Å². The van der Waals surface area contributed by atoms with Gasteiger partial charge in [-0.2, -0.15) is 13.2 Å². The molecule has 5 rings (SSSR count). The quantitative estimate of drug-likeness (QED) is 0.308. The Hall–Kier alpha value is -3.44. The smallest absolute Gasteiger partial charge is 0.475 e. The van der Waals surface area contributed by atoms with E-state index in [-0.39, 0.29) is 11.3 Å². The number of piperidine rings is 1. The molecule has 1 saturated heterocycles. The van der Waals surface area contributed by atoms with E-state index < -0.39 is 23.5 Å². The second-order valence-corrected chi connectivity index (χ2v) is 9.19. The lowest BCUT2D eigenvalue weighted by Crippen LogP contribution is -2.35. The number of nitrogens with zero attached hydrogens (tertiary/aromatic N) is 2. The zero-order valence-corrected chi connectivity index (χ0v) is 20.2. The van der Waals surface area contributed by atoms with E-state index in [1.54, 1.807) is 12.1 Å². The molecule has 0 bridgehead atoms. The average Bonchev–Trinajstić information content (AvgIpc) is 3.24. The van der Waals surface area contributed by atoms with Gasteiger partial charge in [0.05, 0.1) is 5.52 Å². The van der Waals surface area contributed by atoms with Gasteiger partial charge in [-0.15, -0.1) is 0 Å². The first-order valence-electron chi connectivity index (χ1n) is 11.5. The van der Waals surface area contributed by atoms with Gasteiger partial charge in [0.1, 0.15) is 17.0 Å². The number of hydrogen-bond acceptors (Lipinski definition) is 4. The van der Waals surface area contributed by atoms with Gasteiger partial charge in [0.15, 0.2) is 0 Å². The Morgan fingerprint density at radius 2 is 1.89 bits per heavy atom. The van der Waals surface area contributed by atoms with E-state index in [4.69, 9.17) is 21.5 Å². The SMILES string of the molecule is O=C(O)C(F)(F)F.O=c1[nH]c(C2CCN(CCc3c[nH]c4ccc(Cl)cc34)CC2)nc2cccc(F)c12. The van der Waals surface area contributed by atoms with Gasteiger partial charge in [0, 0.05) is 34.6 Å². The summed E-state index contributed by atoms with van der Waals surface area (Å²) >= 11 is 6.15. The Morgan fingerprint density at radius 3 is 2.57 bits per heavy atom. The number of halogens is 5. The van der Waals surface area contributed by atoms with Crippen LogP contribution >= 0.6 is 11.6 Å². The summed E-state index contributed by atoms with van der Waals surface area (Å²) in [4.78, 5) is 34.3. The van der Waals surface area contributed by atoms with Crippen LogP contribution in [0.25, 0.3) is 21.8 Å². The summed E-state index contributed by atoms with van der Waals surface area (Å²) in [5.74, 6) is -2.42. The van der Waals surface area contributed by atoms with E-state index >= 15 is 0 Å². The first-order chi connectivity index (χ1) is 17.5. The zero-order chi connectivity index (χ0) is 26.7. The van der Waals surface area contributed by atoms with Crippen molar-refractivity contribution in [3.05, 3.63) is 75.2 Å². The standard InChI is InChI=1S/C23H22ClFN4O.C2HF3O2/c24-16-4-5-19-17(12-16)15(13-26-19)8-11-29-9-6-14(7-10-29)22-27-20-3-1-2-18(25)21(20)23(30)28-22;3-2(4,5)1(6)7/h1-5,12-14,26H,6-11H2,(H,27,28,30);(H,6,7). The van der Waals surface area contributed by atoms with E-state index in [0.29, 0.717) is 11.3 Å². The van der Waals surface area contributed by atoms with E-state index in [1.165, 1.54) is 17.0 Å². The number of likely N-dealkylation sites (tertiary alicyclic amines) is 1. The Morgan fingerprint density at radius 1 is 1.19 bits per heavy atom. The normalized spacial score (nSPS) is 15.1. The predicted molar refractivity (Wildman–Crippen MR) is 131 cm³/mol. The van der Waals surface area contributed by atoms with Gasteiger partial charge in [-0.3, -0.25) is 4.79 Å². The lowest BCUT2D eigenvalue weighted by Gasteiger charge is -2.31. The highest BCUT2D eigenvalue weighted by atomic mass is 35.5. The van der Waals surface area contributed by atoms with Crippen molar-refractivity contribution in [2.75, 3.05) is 19.6 Å². The van der Waals surface area contributed by atoms with Crippen molar-refractivity contribution in [1.82, 2.24) is 19.9 Å². The maximum absolute atomic E-state index is 13.9. The number of carboxylic acids is 1. The van der Waals surface area contributed by atoms with Crippen molar-refractivity contribution < 1.29 is 27.5 Å². The van der Waals surface area contributed by atoms with Crippen LogP contribution in [-0.2, 0) is 11.2 Å². The molecule has 0 aliphatic carbocycles. The molecule has 37 heavy (non-hydrogen) atoms. The van der Waals surface area contributed by atoms with E-state index in [0.717, 1.165) is 49.4 Å². The monoisotopic (exact) mass is 538 g/mol. The lowest BCUT2D eigenvalue weighted by atomic mass is 9.95. The fourth-order valence-corrected chi connectivity index (χ4v) is 4.60. The number of alkyl halides is 3. The summed E-state index contributed by atoms with van der Waals surface area (Å²) in [6.07, 6.45) is -0.223. The molecule has 2 aromatic heterocycles. The van der Waals surface area contributed by atoms with Crippen molar-refractivity contribution in [3.8, 4) is 0 Å². The third-order valence-corrected chi connectivity index (χ3v) is 6.58. The van der Waals surface area contributed by atoms with E-state index in [1.807, 2.05) is 18.2 Å². The molecule has 3 heterocycles. The Labute approximate surface area is 213 Å². The summed E-state index contributed by atoms with van der Waals surface area (Å²) in [7, 11) is 0. The van der Waals surface area contributed by atoms with Gasteiger partial charge < -0.3 is 20.0 Å². The largest absolute Gasteiger partial charge is 0.490 e. The molecule has 1 fully saturated rings. The van der Waals surface area contributed by atoms with Crippen LogP contribution in [0.15, 0.2) is 47.4 Å². The maximum Gasteiger partial charge on any atom is 0.490 e. The number of aromatic nitrogens is 3. The second-order valence-electron chi connectivity index (χ2n) is 8.76. The number of aliphatic carboxylic acids is 1. The summed E-state index contributed by atoms with van der Waals surface area (Å²) in [5, 5.41) is 9.10. The number of H-pyrrole nitrogens is 2. The highest BCUT2D eigenvalue weighted by molar-refractivity contribution is 6.31. The molecule has 2 aromatic carbocycles. The molecular formula is C25H23ClF4N4O3. The van der Waals surface area contributed by atoms with Gasteiger partial charge in [-0.1, -0.05) is 17.7 Å². The summed E-state index contributed by atoms with van der Waals surface area (Å²) in [6, 6.07) is 10.5. The number of carbonyl (C=O) groups is 1. The Kier molecular flexibility index (Phi) is 7.84. The highest BCUT2D eigenvalue weighted by Gasteiger charge is 2.38. The molecule has 0 atom stereocenters. The molecular weight excluding hydrogens is 516 g/mol. The number of hydrogen-bond donors (Lipinski definition) is 3. The summed E-state index contributed by atoms with van der Waals surface area (Å²) < 4.78 is 45.7. The number of carboxylic acid groups (broad SMARTS) is 1. The van der Waals surface area contributed by atoms with Gasteiger partial charge >= 0.3 is 12.1 Å². The van der Waals surface area contributed by atoms with Gasteiger partial charge in [0.25, 0.3) is 5.56 Å². The van der Waals surface area contributed by atoms with Crippen LogP contribution in [-0.4, -0.2) is 56.7 Å². The van der Waals surface area contributed by atoms with Crippen LogP contribution in [0.5, 0.6) is 0 Å². The molecule has 7 nitrogen and oxygen atoms in total. The first-order valence-corrected chi connectivity index (χ1v) is 11.9. The molecule has 12 heteroatoms. The van der Waals surface area contributed by atoms with Gasteiger partial charge in [-0.05, 0) is 68.2 Å². The Balaban J connectivity index is 0.000000405. The molecule has 4 aromatic rings. The van der Waals surface area contributed by atoms with Crippen LogP contribution in [0.4, 0.5) is 17.6 Å². The first kappa shape index (κ1) is 26.6. The summed E-state index contributed by atoms with van der Waals surface area (Å²) in [5.41, 5.74) is 2.41. The van der Waals surface area contributed by atoms with Crippen LogP contribution in [0.2, 0.25) is 5.02 Å². The highest BCUT2D eigenvalue weighted by Crippen LogP contribution is 2.27. The minimum absolute atomic E-state index is 0.0394. The Bertz CT molecular complexity index is 1480. The molecule has 0 amide bonds. The van der Waals surface area contributed by atoms with Gasteiger partial charge in [0.2, 0.25) is 0 Å². The molecule has 1 aliphatic heterocycles. The second kappa shape index (κ2) is 10.9. The molecule has 1 aliphatic rings. The number of benzene rings is 2. The molecule has 0 unspecified atom stereocenters. The lowest BCUT2D eigenvalue weighted by molar-refractivity contribution is -0.192. The average molecular weight is 539 g/mol. The molecule has 0 spiro atoms. The van der Waals surface area contributed by atoms with Crippen molar-refractivity contribution in [2.45, 2.75) is 31.4 Å². The number of nitrogens with one attached hydrogen (secondary N) is 2. The third-order valence-electron chi connectivity index (χ3n) is 6.34. The fourth-order valence-electron chi connectivity index (χ4n) is 4.43. The fraction of sp³-hybridized carbons (Fsp3) is 0.320. The molecule has 3 N–H and O–H groups in total. The van der Waals surface area contributed by atoms with Crippen LogP contribution in [0.3, 0.4) is 0 Å². The van der Waals surface area contributed by atoms with Crippen molar-refractivity contribution in [3.63, 3.8) is 0 Å². The van der Waals surface area contributed by atoms with Crippen molar-refractivity contribution in [2.24, 2.45) is 0 Å². The van der Waals surface area contributed by atoms with Crippen LogP contribution in [0, 0.1) is 5.82 Å². The summed E-state index contributed by atoms with van der Waals surface area (Å²) in [6.45, 7) is 2.86. The molecule has 0 radical (unpaired) electrons. The molecule has 196 valence electrons. The van der Waals surface area contributed by atoms with E-state index in [2.05, 4.69) is 26.0 Å². The van der Waals surface area contributed by atoms with Crippen LogP contribution < -0.4 is 5.56 Å². The minimum atomic E-state index is -5.08. The number of rotatable bonds is 4. The predicted octanol–water partition coefficient (Wildman–Crippen LogP) is 5.25. The third kappa shape index (κ3) is 6.28. The van der Waals surface area contributed by atoms with Gasteiger partial charge in [-0.25, -0.2) is 14.2 Å². The van der Waals surface area contributed by atoms with Crippen LogP contribution in [0.1, 0.15) is 30.1 Å². The number of aromatic amines is 2. The van der Waals surface area contributed by atoms with Crippen molar-refractivity contribution in [1.29, 1.82) is 0 Å². The van der Waals surface area contributed by atoms with E-state index in [9.17, 15) is 22.4 Å².